The summed E-state index contributed by atoms with van der Waals surface area (Å²) in [6.07, 6.45) is 4.62. The van der Waals surface area contributed by atoms with Crippen molar-refractivity contribution in [1.29, 1.82) is 0 Å². The van der Waals surface area contributed by atoms with Gasteiger partial charge in [0.05, 0.1) is 23.1 Å². The zero-order chi connectivity index (χ0) is 15.7. The number of hydrogen-bond acceptors (Lipinski definition) is 4. The SMILES string of the molecule is CC(C)(C)OC(=O)n1c(-c2ccccn2)cc2ccncc21. The lowest BCUT2D eigenvalue weighted by Gasteiger charge is -2.20. The number of pyridine rings is 2. The average molecular weight is 295 g/mol. The lowest BCUT2D eigenvalue weighted by atomic mass is 10.2. The van der Waals surface area contributed by atoms with Crippen LogP contribution in [0.5, 0.6) is 0 Å². The maximum atomic E-state index is 12.6. The number of fused-ring (bicyclic) bond motifs is 1. The highest BCUT2D eigenvalue weighted by molar-refractivity contribution is 5.95. The summed E-state index contributed by atoms with van der Waals surface area (Å²) in [6.45, 7) is 5.53. The summed E-state index contributed by atoms with van der Waals surface area (Å²) in [6, 6.07) is 9.37. The fourth-order valence-corrected chi connectivity index (χ4v) is 2.25. The van der Waals surface area contributed by atoms with Gasteiger partial charge in [0.25, 0.3) is 0 Å². The van der Waals surface area contributed by atoms with Gasteiger partial charge in [0, 0.05) is 17.8 Å². The second kappa shape index (κ2) is 5.26. The van der Waals surface area contributed by atoms with E-state index in [1.54, 1.807) is 18.6 Å². The minimum absolute atomic E-state index is 0.434. The first kappa shape index (κ1) is 14.3. The molecule has 0 radical (unpaired) electrons. The highest BCUT2D eigenvalue weighted by atomic mass is 16.6. The van der Waals surface area contributed by atoms with Crippen molar-refractivity contribution in [3.8, 4) is 11.4 Å². The first-order chi connectivity index (χ1) is 10.5. The van der Waals surface area contributed by atoms with Crippen molar-refractivity contribution in [2.45, 2.75) is 26.4 Å². The highest BCUT2D eigenvalue weighted by Crippen LogP contribution is 2.27. The molecule has 112 valence electrons. The van der Waals surface area contributed by atoms with Crippen LogP contribution in [-0.2, 0) is 4.74 Å². The Morgan fingerprint density at radius 1 is 1.18 bits per heavy atom. The predicted octanol–water partition coefficient (Wildman–Crippen LogP) is 3.88. The van der Waals surface area contributed by atoms with Crippen LogP contribution in [0.4, 0.5) is 4.79 Å². The quantitative estimate of drug-likeness (QED) is 0.683. The van der Waals surface area contributed by atoms with Gasteiger partial charge in [-0.3, -0.25) is 9.97 Å². The maximum Gasteiger partial charge on any atom is 0.419 e. The van der Waals surface area contributed by atoms with Crippen molar-refractivity contribution >= 4 is 17.0 Å². The normalized spacial score (nSPS) is 11.6. The molecule has 0 spiro atoms. The summed E-state index contributed by atoms with van der Waals surface area (Å²) < 4.78 is 7.04. The van der Waals surface area contributed by atoms with Crippen LogP contribution in [0.3, 0.4) is 0 Å². The molecule has 0 amide bonds. The number of rotatable bonds is 1. The van der Waals surface area contributed by atoms with E-state index in [1.165, 1.54) is 4.57 Å². The lowest BCUT2D eigenvalue weighted by molar-refractivity contribution is 0.0547. The van der Waals surface area contributed by atoms with Gasteiger partial charge in [-0.1, -0.05) is 6.07 Å². The van der Waals surface area contributed by atoms with Gasteiger partial charge < -0.3 is 4.74 Å². The largest absolute Gasteiger partial charge is 0.443 e. The van der Waals surface area contributed by atoms with Gasteiger partial charge >= 0.3 is 6.09 Å². The van der Waals surface area contributed by atoms with Crippen LogP contribution in [0.1, 0.15) is 20.8 Å². The minimum atomic E-state index is -0.572. The van der Waals surface area contributed by atoms with Crippen LogP contribution in [0, 0.1) is 0 Å². The van der Waals surface area contributed by atoms with E-state index in [1.807, 2.05) is 51.1 Å². The van der Waals surface area contributed by atoms with E-state index in [-0.39, 0.29) is 0 Å². The molecule has 3 rings (SSSR count). The van der Waals surface area contributed by atoms with Gasteiger partial charge in [-0.05, 0) is 45.0 Å². The van der Waals surface area contributed by atoms with Crippen molar-refractivity contribution in [3.05, 3.63) is 48.9 Å². The molecule has 0 saturated heterocycles. The molecule has 0 aliphatic heterocycles. The summed E-state index contributed by atoms with van der Waals surface area (Å²) in [5.74, 6) is 0. The van der Waals surface area contributed by atoms with Crippen molar-refractivity contribution in [1.82, 2.24) is 14.5 Å². The molecule has 0 bridgehead atoms. The van der Waals surface area contributed by atoms with Crippen LogP contribution >= 0.6 is 0 Å². The van der Waals surface area contributed by atoms with E-state index in [9.17, 15) is 4.79 Å². The Hall–Kier alpha value is -2.69. The monoisotopic (exact) mass is 295 g/mol. The molecule has 3 aromatic heterocycles. The van der Waals surface area contributed by atoms with Gasteiger partial charge in [0.2, 0.25) is 0 Å². The molecule has 0 atom stereocenters. The highest BCUT2D eigenvalue weighted by Gasteiger charge is 2.23. The van der Waals surface area contributed by atoms with E-state index >= 15 is 0 Å². The van der Waals surface area contributed by atoms with E-state index in [4.69, 9.17) is 4.74 Å². The summed E-state index contributed by atoms with van der Waals surface area (Å²) >= 11 is 0. The fraction of sp³-hybridized carbons (Fsp3) is 0.235. The van der Waals surface area contributed by atoms with E-state index in [0.29, 0.717) is 16.9 Å². The molecule has 5 nitrogen and oxygen atoms in total. The third-order valence-electron chi connectivity index (χ3n) is 3.11. The van der Waals surface area contributed by atoms with Crippen molar-refractivity contribution in [2.24, 2.45) is 0 Å². The molecule has 3 aromatic rings. The standard InChI is InChI=1S/C17H17N3O2/c1-17(2,3)22-16(21)20-14(13-6-4-5-8-19-13)10-12-7-9-18-11-15(12)20/h4-11H,1-3H3. The Morgan fingerprint density at radius 2 is 2.00 bits per heavy atom. The van der Waals surface area contributed by atoms with Gasteiger partial charge in [0.1, 0.15) is 5.60 Å². The maximum absolute atomic E-state index is 12.6. The Morgan fingerprint density at radius 3 is 2.68 bits per heavy atom. The zero-order valence-corrected chi connectivity index (χ0v) is 12.8. The molecule has 0 aliphatic carbocycles. The third kappa shape index (κ3) is 2.70. The number of ether oxygens (including phenoxy) is 1. The van der Waals surface area contributed by atoms with Gasteiger partial charge in [-0.25, -0.2) is 9.36 Å². The first-order valence-electron chi connectivity index (χ1n) is 7.06. The number of carbonyl (C=O) groups excluding carboxylic acids is 1. The molecule has 0 N–H and O–H groups in total. The van der Waals surface area contributed by atoms with Gasteiger partial charge in [0.15, 0.2) is 0 Å². The van der Waals surface area contributed by atoms with E-state index in [0.717, 1.165) is 5.39 Å². The second-order valence-corrected chi connectivity index (χ2v) is 5.99. The summed E-state index contributed by atoms with van der Waals surface area (Å²) in [5.41, 5.74) is 1.54. The molecule has 0 fully saturated rings. The third-order valence-corrected chi connectivity index (χ3v) is 3.11. The molecule has 0 aromatic carbocycles. The predicted molar refractivity (Wildman–Crippen MR) is 84.6 cm³/mol. The minimum Gasteiger partial charge on any atom is -0.443 e. The topological polar surface area (TPSA) is 57.0 Å². The van der Waals surface area contributed by atoms with E-state index < -0.39 is 11.7 Å². The Balaban J connectivity index is 2.20. The van der Waals surface area contributed by atoms with Crippen LogP contribution in [0.2, 0.25) is 0 Å². The Bertz CT molecular complexity index is 817. The number of aromatic nitrogens is 3. The van der Waals surface area contributed by atoms with E-state index in [2.05, 4.69) is 9.97 Å². The Kier molecular flexibility index (Phi) is 3.41. The Labute approximate surface area is 128 Å². The molecule has 0 unspecified atom stereocenters. The lowest BCUT2D eigenvalue weighted by Crippen LogP contribution is -2.27. The van der Waals surface area contributed by atoms with Gasteiger partial charge in [-0.15, -0.1) is 0 Å². The van der Waals surface area contributed by atoms with Crippen molar-refractivity contribution in [2.75, 3.05) is 0 Å². The molecule has 3 heterocycles. The summed E-state index contributed by atoms with van der Waals surface area (Å²) in [7, 11) is 0. The molecule has 22 heavy (non-hydrogen) atoms. The second-order valence-electron chi connectivity index (χ2n) is 5.99. The number of nitrogens with zero attached hydrogens (tertiary/aromatic N) is 3. The molecule has 0 aliphatic rings. The van der Waals surface area contributed by atoms with Gasteiger partial charge in [-0.2, -0.15) is 0 Å². The summed E-state index contributed by atoms with van der Waals surface area (Å²) in [4.78, 5) is 21.1. The number of carbonyl (C=O) groups is 1. The fourth-order valence-electron chi connectivity index (χ4n) is 2.25. The molecule has 0 saturated carbocycles. The smallest absolute Gasteiger partial charge is 0.419 e. The van der Waals surface area contributed by atoms with Crippen LogP contribution in [0.15, 0.2) is 48.9 Å². The zero-order valence-electron chi connectivity index (χ0n) is 12.8. The first-order valence-corrected chi connectivity index (χ1v) is 7.06. The van der Waals surface area contributed by atoms with Crippen molar-refractivity contribution < 1.29 is 9.53 Å². The van der Waals surface area contributed by atoms with Crippen molar-refractivity contribution in [3.63, 3.8) is 0 Å². The number of hydrogen-bond donors (Lipinski definition) is 0. The summed E-state index contributed by atoms with van der Waals surface area (Å²) in [5, 5.41) is 0.918. The molecular weight excluding hydrogens is 278 g/mol. The van der Waals surface area contributed by atoms with Crippen LogP contribution in [-0.4, -0.2) is 26.2 Å². The molecule has 5 heteroatoms. The van der Waals surface area contributed by atoms with Crippen LogP contribution in [0.25, 0.3) is 22.3 Å². The van der Waals surface area contributed by atoms with Crippen LogP contribution < -0.4 is 0 Å². The average Bonchev–Trinajstić information content (AvgIpc) is 2.86. The molecular formula is C17H17N3O2.